The lowest BCUT2D eigenvalue weighted by Crippen LogP contribution is -2.28. The van der Waals surface area contributed by atoms with Gasteiger partial charge >= 0.3 is 0 Å². The summed E-state index contributed by atoms with van der Waals surface area (Å²) in [6.45, 7) is 0. The van der Waals surface area contributed by atoms with Crippen molar-refractivity contribution in [1.82, 2.24) is 0 Å². The summed E-state index contributed by atoms with van der Waals surface area (Å²) in [6, 6.07) is 99.2. The molecule has 0 N–H and O–H groups in total. The highest BCUT2D eigenvalue weighted by atomic mass is 16.3. The molecule has 0 spiro atoms. The van der Waals surface area contributed by atoms with E-state index >= 15 is 0 Å². The number of furan rings is 1. The molecule has 69 heavy (non-hydrogen) atoms. The normalized spacial score (nSPS) is 12.5. The summed E-state index contributed by atoms with van der Waals surface area (Å²) in [5.74, 6) is 0. The van der Waals surface area contributed by atoms with Crippen molar-refractivity contribution in [2.24, 2.45) is 0 Å². The molecule has 13 rings (SSSR count). The monoisotopic (exact) mass is 879 g/mol. The van der Waals surface area contributed by atoms with Crippen molar-refractivity contribution in [3.63, 3.8) is 0 Å². The van der Waals surface area contributed by atoms with E-state index in [9.17, 15) is 0 Å². The van der Waals surface area contributed by atoms with Crippen molar-refractivity contribution in [2.75, 3.05) is 4.90 Å². The van der Waals surface area contributed by atoms with Gasteiger partial charge in [0, 0.05) is 27.8 Å². The van der Waals surface area contributed by atoms with Crippen molar-refractivity contribution in [2.45, 2.75) is 5.41 Å². The van der Waals surface area contributed by atoms with Crippen molar-refractivity contribution in [1.29, 1.82) is 0 Å². The number of fused-ring (bicyclic) bond motifs is 6. The maximum atomic E-state index is 6.30. The SMILES string of the molecule is c1ccc(-c2ccc(-c3ccc(N(c4ccc(-c5cccc6oc7ccccc7c56)cc4)c4cccc(-c5cccc6c5-c5ccccc5C6(c5ccccc5)c5ccccc5)c4)cc3)cc2)cc1. The summed E-state index contributed by atoms with van der Waals surface area (Å²) in [5, 5.41) is 2.26. The Hall–Kier alpha value is -8.98. The summed E-state index contributed by atoms with van der Waals surface area (Å²) >= 11 is 0. The van der Waals surface area contributed by atoms with E-state index in [4.69, 9.17) is 4.42 Å². The minimum atomic E-state index is -0.480. The largest absolute Gasteiger partial charge is 0.456 e. The zero-order valence-corrected chi connectivity index (χ0v) is 37.8. The molecule has 1 aromatic heterocycles. The fourth-order valence-corrected chi connectivity index (χ4v) is 11.1. The van der Waals surface area contributed by atoms with E-state index in [-0.39, 0.29) is 0 Å². The number of nitrogens with zero attached hydrogens (tertiary/aromatic N) is 1. The zero-order chi connectivity index (χ0) is 45.7. The Morgan fingerprint density at radius 3 is 1.43 bits per heavy atom. The van der Waals surface area contributed by atoms with Crippen LogP contribution in [0.2, 0.25) is 0 Å². The molecule has 1 heterocycles. The summed E-state index contributed by atoms with van der Waals surface area (Å²) in [6.07, 6.45) is 0. The molecule has 0 bridgehead atoms. The summed E-state index contributed by atoms with van der Waals surface area (Å²) < 4.78 is 6.30. The van der Waals surface area contributed by atoms with Crippen LogP contribution in [0.4, 0.5) is 17.1 Å². The van der Waals surface area contributed by atoms with Gasteiger partial charge in [-0.3, -0.25) is 0 Å². The lowest BCUT2D eigenvalue weighted by molar-refractivity contribution is 0.669. The predicted octanol–water partition coefficient (Wildman–Crippen LogP) is 18.1. The third-order valence-electron chi connectivity index (χ3n) is 14.2. The molecule has 0 amide bonds. The van der Waals surface area contributed by atoms with Crippen LogP contribution in [-0.4, -0.2) is 0 Å². The number of anilines is 3. The first kappa shape index (κ1) is 40.3. The second-order valence-corrected chi connectivity index (χ2v) is 18.0. The second kappa shape index (κ2) is 16.7. The van der Waals surface area contributed by atoms with Crippen LogP contribution in [0, 0.1) is 0 Å². The Balaban J connectivity index is 0.944. The molecule has 1 aliphatic carbocycles. The second-order valence-electron chi connectivity index (χ2n) is 18.0. The average Bonchev–Trinajstić information content (AvgIpc) is 3.97. The van der Waals surface area contributed by atoms with E-state index in [0.717, 1.165) is 55.7 Å². The van der Waals surface area contributed by atoms with E-state index in [0.29, 0.717) is 0 Å². The number of rotatable bonds is 9. The van der Waals surface area contributed by atoms with E-state index < -0.39 is 5.41 Å². The third kappa shape index (κ3) is 6.72. The van der Waals surface area contributed by atoms with Gasteiger partial charge in [-0.15, -0.1) is 0 Å². The molecule has 2 heteroatoms. The molecule has 0 saturated heterocycles. The smallest absolute Gasteiger partial charge is 0.136 e. The highest BCUT2D eigenvalue weighted by molar-refractivity contribution is 6.12. The number of hydrogen-bond donors (Lipinski definition) is 0. The molecular weight excluding hydrogens is 835 g/mol. The summed E-state index contributed by atoms with van der Waals surface area (Å²) in [4.78, 5) is 2.39. The fraction of sp³-hybridized carbons (Fsp3) is 0.0149. The highest BCUT2D eigenvalue weighted by Crippen LogP contribution is 2.58. The maximum Gasteiger partial charge on any atom is 0.136 e. The van der Waals surface area contributed by atoms with Crippen LogP contribution in [0.5, 0.6) is 0 Å². The van der Waals surface area contributed by atoms with Crippen molar-refractivity contribution < 1.29 is 4.42 Å². The number of benzene rings is 11. The molecule has 0 atom stereocenters. The Morgan fingerprint density at radius 2 is 0.754 bits per heavy atom. The Bertz CT molecular complexity index is 3760. The van der Waals surface area contributed by atoms with E-state index in [1.807, 2.05) is 12.1 Å². The lowest BCUT2D eigenvalue weighted by Gasteiger charge is -2.34. The van der Waals surface area contributed by atoms with E-state index in [2.05, 4.69) is 266 Å². The van der Waals surface area contributed by atoms with Crippen LogP contribution in [0.25, 0.3) is 77.6 Å². The van der Waals surface area contributed by atoms with Crippen LogP contribution in [-0.2, 0) is 5.41 Å². The first-order chi connectivity index (χ1) is 34.2. The van der Waals surface area contributed by atoms with Gasteiger partial charge in [-0.2, -0.15) is 0 Å². The molecule has 0 unspecified atom stereocenters. The predicted molar refractivity (Wildman–Crippen MR) is 287 cm³/mol. The highest BCUT2D eigenvalue weighted by Gasteiger charge is 2.46. The lowest BCUT2D eigenvalue weighted by atomic mass is 9.67. The van der Waals surface area contributed by atoms with Gasteiger partial charge in [0.05, 0.1) is 5.41 Å². The molecule has 1 aliphatic rings. The van der Waals surface area contributed by atoms with Gasteiger partial charge in [0.1, 0.15) is 11.2 Å². The van der Waals surface area contributed by atoms with E-state index in [1.54, 1.807) is 0 Å². The Labute approximate surface area is 402 Å². The van der Waals surface area contributed by atoms with Gasteiger partial charge in [-0.1, -0.05) is 224 Å². The molecule has 0 aliphatic heterocycles. The first-order valence-corrected chi connectivity index (χ1v) is 23.7. The minimum Gasteiger partial charge on any atom is -0.456 e. The van der Waals surface area contributed by atoms with Crippen molar-refractivity contribution >= 4 is 39.0 Å². The Kier molecular flexibility index (Phi) is 9.77. The summed E-state index contributed by atoms with van der Waals surface area (Å²) in [7, 11) is 0. The molecule has 0 radical (unpaired) electrons. The fourth-order valence-electron chi connectivity index (χ4n) is 11.1. The summed E-state index contributed by atoms with van der Waals surface area (Å²) in [5.41, 5.74) is 21.6. The zero-order valence-electron chi connectivity index (χ0n) is 37.8. The Morgan fingerprint density at radius 1 is 0.290 bits per heavy atom. The van der Waals surface area contributed by atoms with Gasteiger partial charge < -0.3 is 9.32 Å². The first-order valence-electron chi connectivity index (χ1n) is 23.7. The van der Waals surface area contributed by atoms with Crippen LogP contribution >= 0.6 is 0 Å². The molecule has 12 aromatic rings. The van der Waals surface area contributed by atoms with Crippen LogP contribution in [0.15, 0.2) is 277 Å². The van der Waals surface area contributed by atoms with E-state index in [1.165, 1.54) is 61.2 Å². The van der Waals surface area contributed by atoms with Crippen LogP contribution in [0.3, 0.4) is 0 Å². The third-order valence-corrected chi connectivity index (χ3v) is 14.2. The molecule has 0 saturated carbocycles. The standard InChI is InChI=1S/C67H45NO/c1-4-17-46(18-5-1)47-33-35-48(36-34-47)49-37-41-54(42-38-49)68(55-43-39-50(40-44-55)57-28-16-32-64-66(57)60-26-11-13-31-63(60)69-64)56-24-14-19-51(45-56)58-27-15-30-62-65(58)59-25-10-12-29-61(59)67(62,52-20-6-2-7-21-52)53-22-8-3-9-23-53/h1-45H. The average molecular weight is 880 g/mol. The molecule has 2 nitrogen and oxygen atoms in total. The maximum absolute atomic E-state index is 6.30. The molecule has 324 valence electrons. The van der Waals surface area contributed by atoms with Crippen LogP contribution in [0.1, 0.15) is 22.3 Å². The van der Waals surface area contributed by atoms with Crippen LogP contribution < -0.4 is 4.90 Å². The van der Waals surface area contributed by atoms with Gasteiger partial charge in [-0.05, 0) is 126 Å². The number of hydrogen-bond acceptors (Lipinski definition) is 2. The van der Waals surface area contributed by atoms with Gasteiger partial charge in [0.25, 0.3) is 0 Å². The molecular formula is C67H45NO. The minimum absolute atomic E-state index is 0.480. The van der Waals surface area contributed by atoms with Crippen molar-refractivity contribution in [3.8, 4) is 55.6 Å². The van der Waals surface area contributed by atoms with Gasteiger partial charge in [0.2, 0.25) is 0 Å². The molecule has 0 fully saturated rings. The number of para-hydroxylation sites is 1. The van der Waals surface area contributed by atoms with Gasteiger partial charge in [0.15, 0.2) is 0 Å². The van der Waals surface area contributed by atoms with Crippen molar-refractivity contribution in [3.05, 3.63) is 295 Å². The van der Waals surface area contributed by atoms with Gasteiger partial charge in [-0.25, -0.2) is 0 Å². The molecule has 11 aromatic carbocycles. The quantitative estimate of drug-likeness (QED) is 0.144. The topological polar surface area (TPSA) is 16.4 Å².